The van der Waals surface area contributed by atoms with Crippen LogP contribution in [0.2, 0.25) is 0 Å². The van der Waals surface area contributed by atoms with E-state index in [0.29, 0.717) is 62.7 Å². The number of carbonyl (C=O) groups excluding carboxylic acids is 3. The Hall–Kier alpha value is -3.77. The lowest BCUT2D eigenvalue weighted by molar-refractivity contribution is -0.143. The Labute approximate surface area is 307 Å². The summed E-state index contributed by atoms with van der Waals surface area (Å²) >= 11 is 1.48. The number of urea groups is 1. The van der Waals surface area contributed by atoms with Gasteiger partial charge < -0.3 is 35.4 Å². The van der Waals surface area contributed by atoms with Gasteiger partial charge in [0.1, 0.15) is 0 Å². The fraction of sp³-hybridized carbons (Fsp3) is 0.629. The summed E-state index contributed by atoms with van der Waals surface area (Å²) < 4.78 is 89.1. The van der Waals surface area contributed by atoms with Gasteiger partial charge in [0.2, 0.25) is 0 Å². The van der Waals surface area contributed by atoms with Crippen LogP contribution < -0.4 is 11.1 Å². The second-order valence-electron chi connectivity index (χ2n) is 14.8. The number of anilines is 2. The van der Waals surface area contributed by atoms with Crippen LogP contribution in [-0.2, 0) is 34.8 Å². The minimum absolute atomic E-state index is 0.167. The molecule has 5 aliphatic heterocycles. The fourth-order valence-electron chi connectivity index (χ4n) is 8.73. The summed E-state index contributed by atoms with van der Waals surface area (Å²) in [4.78, 5) is 49.7. The molecule has 7 rings (SSSR count). The molecule has 3 N–H and O–H groups in total. The zero-order chi connectivity index (χ0) is 37.8. The number of piperidine rings is 2. The molecule has 4 fully saturated rings. The van der Waals surface area contributed by atoms with Gasteiger partial charge in [-0.2, -0.15) is 26.3 Å². The van der Waals surface area contributed by atoms with Gasteiger partial charge in [0.25, 0.3) is 5.91 Å². The molecule has 2 unspecified atom stereocenters. The average Bonchev–Trinajstić information content (AvgIpc) is 3.63. The lowest BCUT2D eigenvalue weighted by Crippen LogP contribution is -2.57. The first-order valence-electron chi connectivity index (χ1n) is 18.0. The molecular formula is C35H43F6N7O4S. The zero-order valence-corrected chi connectivity index (χ0v) is 30.0. The molecule has 0 radical (unpaired) electrons. The number of piperazine rings is 1. The van der Waals surface area contributed by atoms with Crippen molar-refractivity contribution in [1.29, 1.82) is 0 Å². The van der Waals surface area contributed by atoms with Gasteiger partial charge >= 0.3 is 24.5 Å². The summed E-state index contributed by atoms with van der Waals surface area (Å²) in [7, 11) is 2.15. The highest BCUT2D eigenvalue weighted by Crippen LogP contribution is 2.42. The predicted octanol–water partition coefficient (Wildman–Crippen LogP) is 5.70. The highest BCUT2D eigenvalue weighted by atomic mass is 32.1. The van der Waals surface area contributed by atoms with E-state index >= 15 is 0 Å². The SMILES string of the molecule is CN1C2CCC1CC(N1CCN(C(=O)[C@@H](Cc3cc(C(F)(F)F)c(N)c(C(F)(F)F)c3)OC(=O)N3CCC(N4Cc5cscc5NC4=O)CC3)CC1)C2. The zero-order valence-electron chi connectivity index (χ0n) is 29.2. The van der Waals surface area contributed by atoms with Crippen molar-refractivity contribution in [3.8, 4) is 0 Å². The van der Waals surface area contributed by atoms with E-state index < -0.39 is 59.3 Å². The number of rotatable bonds is 6. The molecule has 11 nitrogen and oxygen atoms in total. The van der Waals surface area contributed by atoms with Crippen molar-refractivity contribution in [2.24, 2.45) is 0 Å². The van der Waals surface area contributed by atoms with Crippen molar-refractivity contribution in [2.45, 2.75) is 94.1 Å². The van der Waals surface area contributed by atoms with Crippen molar-refractivity contribution < 1.29 is 45.5 Å². The van der Waals surface area contributed by atoms with E-state index in [4.69, 9.17) is 10.5 Å². The predicted molar refractivity (Wildman–Crippen MR) is 184 cm³/mol. The number of thiophene rings is 1. The summed E-state index contributed by atoms with van der Waals surface area (Å²) in [5.41, 5.74) is 1.80. The minimum atomic E-state index is -5.21. The first-order chi connectivity index (χ1) is 25.1. The van der Waals surface area contributed by atoms with Gasteiger partial charge in [-0.05, 0) is 68.6 Å². The number of benzene rings is 1. The lowest BCUT2D eigenvalue weighted by Gasteiger charge is -2.45. The van der Waals surface area contributed by atoms with Crippen LogP contribution in [-0.4, -0.2) is 119 Å². The lowest BCUT2D eigenvalue weighted by atomic mass is 9.95. The second kappa shape index (κ2) is 14.5. The number of nitrogens with zero attached hydrogens (tertiary/aromatic N) is 5. The summed E-state index contributed by atoms with van der Waals surface area (Å²) in [5.74, 6) is -0.688. The molecule has 1 aromatic heterocycles. The van der Waals surface area contributed by atoms with Gasteiger partial charge in [-0.1, -0.05) is 0 Å². The molecule has 290 valence electrons. The summed E-state index contributed by atoms with van der Waals surface area (Å²) in [6.07, 6.45) is -8.57. The Morgan fingerprint density at radius 2 is 1.47 bits per heavy atom. The smallest absolute Gasteiger partial charge is 0.418 e. The number of hydrogen-bond donors (Lipinski definition) is 2. The van der Waals surface area contributed by atoms with E-state index in [1.165, 1.54) is 21.1 Å². The standard InChI is InChI=1S/C35H43F6N7O4S/c1-44-23-2-3-24(44)16-25(15-23)45-8-10-46(11-9-45)31(49)29(14-20-12-26(34(36,37)38)30(42)27(13-20)35(39,40)41)52-33(51)47-6-4-22(5-7-47)48-17-21-18-53-19-28(21)43-32(48)50/h12-13,18-19,22-25,29H,2-11,14-17,42H2,1H3,(H,43,50)/t23?,24?,25?,29-/m1/s1. The number of nitrogens with one attached hydrogen (secondary N) is 1. The van der Waals surface area contributed by atoms with Crippen LogP contribution in [0.25, 0.3) is 0 Å². The van der Waals surface area contributed by atoms with Gasteiger partial charge in [-0.15, -0.1) is 11.3 Å². The van der Waals surface area contributed by atoms with Gasteiger partial charge in [-0.3, -0.25) is 9.69 Å². The Morgan fingerprint density at radius 3 is 2.06 bits per heavy atom. The van der Waals surface area contributed by atoms with Crippen LogP contribution in [0, 0.1) is 0 Å². The van der Waals surface area contributed by atoms with Gasteiger partial charge in [0.15, 0.2) is 6.10 Å². The molecule has 4 saturated heterocycles. The fourth-order valence-corrected chi connectivity index (χ4v) is 9.51. The van der Waals surface area contributed by atoms with Crippen LogP contribution >= 0.6 is 11.3 Å². The number of halogens is 6. The number of likely N-dealkylation sites (tertiary alicyclic amines) is 1. The van der Waals surface area contributed by atoms with Crippen LogP contribution in [0.3, 0.4) is 0 Å². The van der Waals surface area contributed by atoms with Crippen molar-refractivity contribution in [3.63, 3.8) is 0 Å². The molecule has 0 aliphatic carbocycles. The quantitative estimate of drug-likeness (QED) is 0.287. The number of amides is 4. The van der Waals surface area contributed by atoms with Crippen LogP contribution in [0.15, 0.2) is 22.9 Å². The maximum Gasteiger partial charge on any atom is 0.418 e. The molecule has 5 aliphatic rings. The maximum absolute atomic E-state index is 14.1. The number of hydrogen-bond acceptors (Lipinski definition) is 8. The molecular weight excluding hydrogens is 728 g/mol. The van der Waals surface area contributed by atoms with Crippen molar-refractivity contribution in [2.75, 3.05) is 57.4 Å². The first kappa shape index (κ1) is 37.5. The highest BCUT2D eigenvalue weighted by Gasteiger charge is 2.44. The molecule has 18 heteroatoms. The highest BCUT2D eigenvalue weighted by molar-refractivity contribution is 7.08. The normalized spacial score (nSPS) is 25.3. The van der Waals surface area contributed by atoms with E-state index in [1.54, 1.807) is 4.90 Å². The second-order valence-corrected chi connectivity index (χ2v) is 15.5. The Bertz CT molecular complexity index is 1660. The molecule has 2 aromatic rings. The number of nitrogen functional groups attached to an aromatic ring is 1. The third kappa shape index (κ3) is 7.76. The molecule has 2 bridgehead atoms. The van der Waals surface area contributed by atoms with Crippen molar-refractivity contribution in [3.05, 3.63) is 45.1 Å². The molecule has 3 atom stereocenters. The van der Waals surface area contributed by atoms with Crippen LogP contribution in [0.1, 0.15) is 60.8 Å². The van der Waals surface area contributed by atoms with Crippen LogP contribution in [0.4, 0.5) is 47.3 Å². The van der Waals surface area contributed by atoms with Gasteiger partial charge in [-0.25, -0.2) is 9.59 Å². The summed E-state index contributed by atoms with van der Waals surface area (Å²) in [6, 6.07) is 1.93. The molecule has 0 spiro atoms. The van der Waals surface area contributed by atoms with E-state index in [0.717, 1.165) is 36.9 Å². The Kier molecular flexibility index (Phi) is 10.2. The number of fused-ring (bicyclic) bond motifs is 3. The number of ether oxygens (including phenoxy) is 1. The molecule has 53 heavy (non-hydrogen) atoms. The number of alkyl halides is 6. The van der Waals surface area contributed by atoms with Crippen molar-refractivity contribution >= 4 is 40.7 Å². The first-order valence-corrected chi connectivity index (χ1v) is 18.9. The van der Waals surface area contributed by atoms with E-state index in [-0.39, 0.29) is 38.3 Å². The molecule has 6 heterocycles. The third-order valence-electron chi connectivity index (χ3n) is 11.8. The largest absolute Gasteiger partial charge is 0.436 e. The van der Waals surface area contributed by atoms with E-state index in [1.807, 2.05) is 10.8 Å². The molecule has 4 amide bonds. The Balaban J connectivity index is 1.06. The molecule has 0 saturated carbocycles. The molecule has 1 aromatic carbocycles. The number of carbonyl (C=O) groups is 3. The van der Waals surface area contributed by atoms with E-state index in [2.05, 4.69) is 22.2 Å². The minimum Gasteiger partial charge on any atom is -0.436 e. The summed E-state index contributed by atoms with van der Waals surface area (Å²) in [5, 5.41) is 6.69. The monoisotopic (exact) mass is 771 g/mol. The van der Waals surface area contributed by atoms with Crippen molar-refractivity contribution in [1.82, 2.24) is 24.5 Å². The van der Waals surface area contributed by atoms with Crippen LogP contribution in [0.5, 0.6) is 0 Å². The summed E-state index contributed by atoms with van der Waals surface area (Å²) in [6.45, 7) is 2.39. The third-order valence-corrected chi connectivity index (χ3v) is 12.5. The average molecular weight is 772 g/mol. The number of nitrogens with two attached hydrogens (primary N) is 1. The topological polar surface area (TPSA) is 115 Å². The van der Waals surface area contributed by atoms with Gasteiger partial charge in [0.05, 0.1) is 29.0 Å². The van der Waals surface area contributed by atoms with E-state index in [9.17, 15) is 40.7 Å². The van der Waals surface area contributed by atoms with Gasteiger partial charge in [0, 0.05) is 80.8 Å². The maximum atomic E-state index is 14.1. The Morgan fingerprint density at radius 1 is 0.868 bits per heavy atom.